The molecule has 0 aromatic carbocycles. The predicted molar refractivity (Wildman–Crippen MR) is 49.0 cm³/mol. The van der Waals surface area contributed by atoms with Crippen molar-refractivity contribution in [3.63, 3.8) is 0 Å². The van der Waals surface area contributed by atoms with Crippen molar-refractivity contribution in [2.75, 3.05) is 0 Å². The third-order valence-electron chi connectivity index (χ3n) is 2.06. The third-order valence-corrected chi connectivity index (χ3v) is 2.64. The molecule has 0 saturated heterocycles. The molecule has 0 aliphatic heterocycles. The van der Waals surface area contributed by atoms with E-state index in [4.69, 9.17) is 0 Å². The van der Waals surface area contributed by atoms with Gasteiger partial charge in [-0.25, -0.2) is 0 Å². The Bertz CT molecular complexity index is 133. The van der Waals surface area contributed by atoms with E-state index in [1.165, 1.54) is 0 Å². The Morgan fingerprint density at radius 2 is 1.43 bits per heavy atom. The molecule has 5 heteroatoms. The Balaban J connectivity index is 3.07. The first-order chi connectivity index (χ1) is 6.42. The van der Waals surface area contributed by atoms with Gasteiger partial charge >= 0.3 is 100 Å². The molecule has 0 spiro atoms. The summed E-state index contributed by atoms with van der Waals surface area (Å²) in [5.41, 5.74) is 0. The van der Waals surface area contributed by atoms with Crippen molar-refractivity contribution in [1.82, 2.24) is 0 Å². The fraction of sp³-hybridized carbons (Fsp3) is 1.00. The first-order valence-electron chi connectivity index (χ1n) is 5.12. The molecular weight excluding hydrogens is 207 g/mol. The van der Waals surface area contributed by atoms with Crippen molar-refractivity contribution in [2.24, 2.45) is 0 Å². The van der Waals surface area contributed by atoms with E-state index >= 15 is 0 Å². The molecule has 0 nitrogen and oxygen atoms in total. The summed E-state index contributed by atoms with van der Waals surface area (Å²) in [6.07, 6.45) is -0.813. The van der Waals surface area contributed by atoms with Crippen LogP contribution in [0.5, 0.6) is 0 Å². The molecule has 0 N–H and O–H groups in total. The second kappa shape index (κ2) is 7.94. The number of rotatable bonds is 7. The summed E-state index contributed by atoms with van der Waals surface area (Å²) in [7, 11) is 0. The Morgan fingerprint density at radius 3 is 1.93 bits per heavy atom. The Hall–Kier alpha value is 0.720. The standard InChI is InChI=1S/C9H15F4.Na/c10-8-6-4-2-1-3-5-7-9(11,12)13;/h8H,1-7H2;. The minimum atomic E-state index is -4.01. The zero-order chi connectivity index (χ0) is 11.0. The molecule has 0 rings (SSSR count). The quantitative estimate of drug-likeness (QED) is 0.349. The van der Waals surface area contributed by atoms with Crippen LogP contribution in [0, 0.1) is 0 Å². The van der Waals surface area contributed by atoms with Crippen LogP contribution in [0.15, 0.2) is 0 Å². The zero-order valence-electron chi connectivity index (χ0n) is 8.54. The van der Waals surface area contributed by atoms with Crippen LogP contribution < -0.4 is 0 Å². The molecule has 14 heavy (non-hydrogen) atoms. The first kappa shape index (κ1) is 14.7. The van der Waals surface area contributed by atoms with E-state index in [0.717, 1.165) is 19.3 Å². The van der Waals surface area contributed by atoms with E-state index in [0.29, 0.717) is 40.8 Å². The third kappa shape index (κ3) is 12.7. The van der Waals surface area contributed by atoms with Gasteiger partial charge in [-0.2, -0.15) is 0 Å². The van der Waals surface area contributed by atoms with E-state index in [2.05, 4.69) is 0 Å². The van der Waals surface area contributed by atoms with Gasteiger partial charge in [0.2, 0.25) is 0 Å². The average Bonchev–Trinajstić information content (AvgIpc) is 2.00. The van der Waals surface area contributed by atoms with Crippen molar-refractivity contribution in [3.8, 4) is 0 Å². The van der Waals surface area contributed by atoms with Crippen LogP contribution in [0.3, 0.4) is 0 Å². The van der Waals surface area contributed by atoms with E-state index < -0.39 is 16.0 Å². The molecule has 0 bridgehead atoms. The Kier molecular flexibility index (Phi) is 8.35. The maximum absolute atomic E-state index is 12.3. The molecule has 0 aromatic rings. The van der Waals surface area contributed by atoms with Crippen LogP contribution >= 0.6 is 0 Å². The summed E-state index contributed by atoms with van der Waals surface area (Å²) in [6.45, 7) is 0. The summed E-state index contributed by atoms with van der Waals surface area (Å²) in [4.78, 5) is 0. The maximum atomic E-state index is 12.3. The molecule has 1 unspecified atom stereocenters. The van der Waals surface area contributed by atoms with E-state index in [1.807, 2.05) is 0 Å². The van der Waals surface area contributed by atoms with Gasteiger partial charge in [0.05, 0.1) is 0 Å². The van der Waals surface area contributed by atoms with Crippen LogP contribution in [0.4, 0.5) is 17.6 Å². The summed E-state index contributed by atoms with van der Waals surface area (Å²) >= 11 is 0.567. The second-order valence-electron chi connectivity index (χ2n) is 3.70. The van der Waals surface area contributed by atoms with Gasteiger partial charge in [-0.05, 0) is 0 Å². The monoisotopic (exact) mass is 222 g/mol. The van der Waals surface area contributed by atoms with Crippen molar-refractivity contribution in [3.05, 3.63) is 0 Å². The molecule has 1 atom stereocenters. The van der Waals surface area contributed by atoms with Crippen LogP contribution in [0.1, 0.15) is 44.9 Å². The van der Waals surface area contributed by atoms with Gasteiger partial charge in [0.15, 0.2) is 0 Å². The topological polar surface area (TPSA) is 0 Å². The second-order valence-corrected chi connectivity index (χ2v) is 4.96. The minimum absolute atomic E-state index is 0.212. The van der Waals surface area contributed by atoms with Crippen LogP contribution in [-0.2, 0) is 0 Å². The molecule has 0 aliphatic rings. The van der Waals surface area contributed by atoms with Crippen LogP contribution in [0.25, 0.3) is 0 Å². The number of alkyl halides is 4. The van der Waals surface area contributed by atoms with Crippen molar-refractivity contribution in [1.29, 1.82) is 0 Å². The molecule has 0 radical (unpaired) electrons. The van der Waals surface area contributed by atoms with Gasteiger partial charge in [0.25, 0.3) is 0 Å². The molecule has 0 aromatic heterocycles. The zero-order valence-corrected chi connectivity index (χ0v) is 10.5. The number of hydrogen-bond acceptors (Lipinski definition) is 0. The fourth-order valence-electron chi connectivity index (χ4n) is 1.28. The van der Waals surface area contributed by atoms with Gasteiger partial charge in [-0.15, -0.1) is 0 Å². The fourth-order valence-corrected chi connectivity index (χ4v) is 1.69. The Morgan fingerprint density at radius 1 is 0.929 bits per heavy atom. The average molecular weight is 222 g/mol. The summed E-state index contributed by atoms with van der Waals surface area (Å²) < 4.78 is 46.8. The summed E-state index contributed by atoms with van der Waals surface area (Å²) in [5, 5.41) is 0. The first-order valence-corrected chi connectivity index (χ1v) is 6.28. The van der Waals surface area contributed by atoms with Gasteiger partial charge in [-0.1, -0.05) is 0 Å². The van der Waals surface area contributed by atoms with E-state index in [9.17, 15) is 17.6 Å². The summed E-state index contributed by atoms with van der Waals surface area (Å²) in [6, 6.07) is 0. The van der Waals surface area contributed by atoms with Crippen molar-refractivity contribution in [2.45, 2.75) is 54.5 Å². The van der Waals surface area contributed by atoms with Crippen LogP contribution in [-0.4, -0.2) is 37.5 Å². The molecular formula is C9H15F4Na. The van der Waals surface area contributed by atoms with E-state index in [1.54, 1.807) is 0 Å². The SMILES string of the molecule is F[CH]([Na])CCCCCCCC(F)(F)F. The molecule has 80 valence electrons. The van der Waals surface area contributed by atoms with Gasteiger partial charge in [0.1, 0.15) is 0 Å². The molecule has 0 aliphatic carbocycles. The number of halogens is 4. The number of hydrogen-bond donors (Lipinski definition) is 0. The molecule has 0 fully saturated rings. The summed E-state index contributed by atoms with van der Waals surface area (Å²) in [5.74, 6) is 0. The molecule has 0 heterocycles. The molecule has 0 amide bonds. The number of unbranched alkanes of at least 4 members (excludes halogenated alkanes) is 4. The van der Waals surface area contributed by atoms with Crippen molar-refractivity contribution < 1.29 is 17.6 Å². The van der Waals surface area contributed by atoms with Gasteiger partial charge in [0, 0.05) is 0 Å². The van der Waals surface area contributed by atoms with Gasteiger partial charge in [-0.3, -0.25) is 0 Å². The van der Waals surface area contributed by atoms with E-state index in [-0.39, 0.29) is 6.42 Å². The normalized spacial score (nSPS) is 14.4. The Labute approximate surface area is 99.9 Å². The molecule has 0 saturated carbocycles. The van der Waals surface area contributed by atoms with Gasteiger partial charge < -0.3 is 0 Å². The van der Waals surface area contributed by atoms with Crippen LogP contribution in [0.2, 0.25) is 0 Å². The predicted octanol–water partition coefficient (Wildman–Crippen LogP) is 3.74. The van der Waals surface area contributed by atoms with Crippen molar-refractivity contribution >= 4 is 27.9 Å².